The van der Waals surface area contributed by atoms with Crippen molar-refractivity contribution in [1.29, 1.82) is 0 Å². The number of nitrogens with zero attached hydrogens (tertiary/aromatic N) is 1. The third kappa shape index (κ3) is 3.96. The van der Waals surface area contributed by atoms with Crippen molar-refractivity contribution in [1.82, 2.24) is 4.90 Å². The van der Waals surface area contributed by atoms with E-state index in [0.717, 1.165) is 31.6 Å². The monoisotopic (exact) mass is 286 g/mol. The number of alkyl halides is 2. The van der Waals surface area contributed by atoms with Gasteiger partial charge < -0.3 is 19.7 Å². The Morgan fingerprint density at radius 2 is 2.15 bits per heavy atom. The van der Waals surface area contributed by atoms with Crippen LogP contribution in [-0.4, -0.2) is 44.8 Å². The SMILES string of the molecule is COc1ccc(NC2CCCN(C)C2)cc1OC(F)F. The van der Waals surface area contributed by atoms with Crippen molar-refractivity contribution in [2.45, 2.75) is 25.5 Å². The topological polar surface area (TPSA) is 33.7 Å². The van der Waals surface area contributed by atoms with Crippen molar-refractivity contribution in [3.8, 4) is 11.5 Å². The minimum absolute atomic E-state index is 0.0525. The molecule has 1 unspecified atom stereocenters. The summed E-state index contributed by atoms with van der Waals surface area (Å²) < 4.78 is 34.2. The lowest BCUT2D eigenvalue weighted by molar-refractivity contribution is -0.0511. The van der Waals surface area contributed by atoms with Crippen LogP contribution in [0.3, 0.4) is 0 Å². The number of benzene rings is 1. The van der Waals surface area contributed by atoms with Crippen molar-refractivity contribution in [3.05, 3.63) is 18.2 Å². The molecule has 1 atom stereocenters. The Morgan fingerprint density at radius 1 is 1.35 bits per heavy atom. The van der Waals surface area contributed by atoms with Gasteiger partial charge >= 0.3 is 6.61 Å². The Labute approximate surface area is 117 Å². The van der Waals surface area contributed by atoms with Gasteiger partial charge in [-0.2, -0.15) is 8.78 Å². The highest BCUT2D eigenvalue weighted by Crippen LogP contribution is 2.32. The number of hydrogen-bond donors (Lipinski definition) is 1. The van der Waals surface area contributed by atoms with Gasteiger partial charge in [-0.15, -0.1) is 0 Å². The van der Waals surface area contributed by atoms with Gasteiger partial charge in [-0.25, -0.2) is 0 Å². The molecule has 112 valence electrons. The highest BCUT2D eigenvalue weighted by molar-refractivity contribution is 5.55. The molecule has 1 saturated heterocycles. The van der Waals surface area contributed by atoms with Gasteiger partial charge in [0.2, 0.25) is 0 Å². The average molecular weight is 286 g/mol. The maximum absolute atomic E-state index is 12.4. The van der Waals surface area contributed by atoms with E-state index in [9.17, 15) is 8.78 Å². The quantitative estimate of drug-likeness (QED) is 0.902. The predicted octanol–water partition coefficient (Wildman–Crippen LogP) is 2.80. The molecule has 0 amide bonds. The lowest BCUT2D eigenvalue weighted by atomic mass is 10.1. The molecule has 0 saturated carbocycles. The highest BCUT2D eigenvalue weighted by atomic mass is 19.3. The van der Waals surface area contributed by atoms with Crippen LogP contribution < -0.4 is 14.8 Å². The van der Waals surface area contributed by atoms with E-state index in [-0.39, 0.29) is 5.75 Å². The first-order valence-corrected chi connectivity index (χ1v) is 6.66. The van der Waals surface area contributed by atoms with E-state index in [1.165, 1.54) is 7.11 Å². The molecule has 1 aliphatic heterocycles. The number of likely N-dealkylation sites (tertiary alicyclic amines) is 1. The number of anilines is 1. The smallest absolute Gasteiger partial charge is 0.387 e. The molecule has 20 heavy (non-hydrogen) atoms. The van der Waals surface area contributed by atoms with Crippen LogP contribution in [0.1, 0.15) is 12.8 Å². The largest absolute Gasteiger partial charge is 0.493 e. The second-order valence-corrected chi connectivity index (χ2v) is 4.99. The third-order valence-electron chi connectivity index (χ3n) is 3.37. The molecule has 0 aromatic heterocycles. The molecule has 1 heterocycles. The molecule has 1 aromatic carbocycles. The van der Waals surface area contributed by atoms with E-state index in [4.69, 9.17) is 4.74 Å². The number of ether oxygens (including phenoxy) is 2. The Balaban J connectivity index is 2.07. The lowest BCUT2D eigenvalue weighted by Crippen LogP contribution is -2.39. The minimum atomic E-state index is -2.86. The summed E-state index contributed by atoms with van der Waals surface area (Å²) in [6, 6.07) is 5.32. The summed E-state index contributed by atoms with van der Waals surface area (Å²) in [5.74, 6) is 0.355. The number of piperidine rings is 1. The molecule has 4 nitrogen and oxygen atoms in total. The maximum atomic E-state index is 12.4. The van der Waals surface area contributed by atoms with Crippen LogP contribution in [0.25, 0.3) is 0 Å². The fraction of sp³-hybridized carbons (Fsp3) is 0.571. The molecular weight excluding hydrogens is 266 g/mol. The van der Waals surface area contributed by atoms with Crippen molar-refractivity contribution < 1.29 is 18.3 Å². The van der Waals surface area contributed by atoms with E-state index in [1.807, 2.05) is 6.07 Å². The molecule has 2 rings (SSSR count). The van der Waals surface area contributed by atoms with Gasteiger partial charge in [0.15, 0.2) is 11.5 Å². The Morgan fingerprint density at radius 3 is 2.80 bits per heavy atom. The van der Waals surface area contributed by atoms with Crippen molar-refractivity contribution in [2.75, 3.05) is 32.6 Å². The molecule has 6 heteroatoms. The van der Waals surface area contributed by atoms with Crippen molar-refractivity contribution in [2.24, 2.45) is 0 Å². The van der Waals surface area contributed by atoms with E-state index >= 15 is 0 Å². The fourth-order valence-electron chi connectivity index (χ4n) is 2.47. The van der Waals surface area contributed by atoms with Crippen LogP contribution in [0.2, 0.25) is 0 Å². The summed E-state index contributed by atoms with van der Waals surface area (Å²) in [6.07, 6.45) is 2.20. The van der Waals surface area contributed by atoms with Crippen molar-refractivity contribution in [3.63, 3.8) is 0 Å². The van der Waals surface area contributed by atoms with Gasteiger partial charge in [0.05, 0.1) is 7.11 Å². The van der Waals surface area contributed by atoms with Gasteiger partial charge in [-0.1, -0.05) is 0 Å². The summed E-state index contributed by atoms with van der Waals surface area (Å²) in [6.45, 7) is -0.822. The van der Waals surface area contributed by atoms with Gasteiger partial charge in [-0.3, -0.25) is 0 Å². The van der Waals surface area contributed by atoms with E-state index in [1.54, 1.807) is 12.1 Å². The second-order valence-electron chi connectivity index (χ2n) is 4.99. The summed E-state index contributed by atoms with van der Waals surface area (Å²) >= 11 is 0. The predicted molar refractivity (Wildman–Crippen MR) is 73.8 cm³/mol. The first-order chi connectivity index (χ1) is 9.58. The zero-order chi connectivity index (χ0) is 14.5. The minimum Gasteiger partial charge on any atom is -0.493 e. The highest BCUT2D eigenvalue weighted by Gasteiger charge is 2.18. The Bertz CT molecular complexity index is 443. The zero-order valence-electron chi connectivity index (χ0n) is 11.7. The molecule has 1 N–H and O–H groups in total. The second kappa shape index (κ2) is 6.74. The molecule has 1 aromatic rings. The summed E-state index contributed by atoms with van der Waals surface area (Å²) in [4.78, 5) is 2.25. The van der Waals surface area contributed by atoms with E-state index in [2.05, 4.69) is 22.0 Å². The maximum Gasteiger partial charge on any atom is 0.387 e. The number of likely N-dealkylation sites (N-methyl/N-ethyl adjacent to an activating group) is 1. The van der Waals surface area contributed by atoms with Gasteiger partial charge in [-0.05, 0) is 38.6 Å². The van der Waals surface area contributed by atoms with Gasteiger partial charge in [0, 0.05) is 24.3 Å². The van der Waals surface area contributed by atoms with Crippen LogP contribution in [-0.2, 0) is 0 Å². The molecule has 0 spiro atoms. The number of rotatable bonds is 5. The van der Waals surface area contributed by atoms with Gasteiger partial charge in [0.1, 0.15) is 0 Å². The number of methoxy groups -OCH3 is 1. The van der Waals surface area contributed by atoms with Crippen LogP contribution in [0.5, 0.6) is 11.5 Å². The van der Waals surface area contributed by atoms with Crippen LogP contribution in [0.4, 0.5) is 14.5 Å². The number of halogens is 2. The van der Waals surface area contributed by atoms with E-state index in [0.29, 0.717) is 11.8 Å². The molecule has 1 aliphatic rings. The standard InChI is InChI=1S/C14H20F2N2O2/c1-18-7-3-4-11(9-18)17-10-5-6-12(19-2)13(8-10)20-14(15)16/h5-6,8,11,14,17H,3-4,7,9H2,1-2H3. The Kier molecular flexibility index (Phi) is 5.00. The summed E-state index contributed by atoms with van der Waals surface area (Å²) in [5, 5.41) is 3.35. The normalized spacial score (nSPS) is 19.9. The van der Waals surface area contributed by atoms with Crippen LogP contribution in [0.15, 0.2) is 18.2 Å². The first kappa shape index (κ1) is 14.8. The number of nitrogens with one attached hydrogen (secondary N) is 1. The first-order valence-electron chi connectivity index (χ1n) is 6.66. The van der Waals surface area contributed by atoms with E-state index < -0.39 is 6.61 Å². The number of hydrogen-bond acceptors (Lipinski definition) is 4. The fourth-order valence-corrected chi connectivity index (χ4v) is 2.47. The van der Waals surface area contributed by atoms with Crippen LogP contribution >= 0.6 is 0 Å². The molecule has 1 fully saturated rings. The Hall–Kier alpha value is -1.56. The zero-order valence-corrected chi connectivity index (χ0v) is 11.7. The molecule has 0 bridgehead atoms. The van der Waals surface area contributed by atoms with Crippen LogP contribution in [0, 0.1) is 0 Å². The molecule has 0 aliphatic carbocycles. The summed E-state index contributed by atoms with van der Waals surface area (Å²) in [7, 11) is 3.50. The average Bonchev–Trinajstić information content (AvgIpc) is 2.38. The molecular formula is C14H20F2N2O2. The lowest BCUT2D eigenvalue weighted by Gasteiger charge is -2.31. The summed E-state index contributed by atoms with van der Waals surface area (Å²) in [5.41, 5.74) is 0.766. The molecule has 0 radical (unpaired) electrons. The van der Waals surface area contributed by atoms with Gasteiger partial charge in [0.25, 0.3) is 0 Å². The van der Waals surface area contributed by atoms with Crippen molar-refractivity contribution >= 4 is 5.69 Å². The third-order valence-corrected chi connectivity index (χ3v) is 3.37.